The van der Waals surface area contributed by atoms with Crippen molar-refractivity contribution in [3.63, 3.8) is 0 Å². The van der Waals surface area contributed by atoms with Crippen LogP contribution in [0.1, 0.15) is 17.2 Å². The first-order chi connectivity index (χ1) is 10.8. The highest BCUT2D eigenvalue weighted by Crippen LogP contribution is 2.35. The molecule has 3 aromatic rings. The maximum atomic E-state index is 6.17. The van der Waals surface area contributed by atoms with Gasteiger partial charge in [-0.05, 0) is 24.8 Å². The second-order valence-corrected chi connectivity index (χ2v) is 5.17. The molecular formula is C20H19NO. The molecule has 1 aliphatic rings. The van der Waals surface area contributed by atoms with Crippen LogP contribution in [-0.2, 0) is 0 Å². The number of nitrogens with one attached hydrogen (secondary N) is 1. The van der Waals surface area contributed by atoms with E-state index in [0.717, 1.165) is 11.2 Å². The molecule has 0 bridgehead atoms. The Bertz CT molecular complexity index is 870. The van der Waals surface area contributed by atoms with E-state index in [0.29, 0.717) is 0 Å². The van der Waals surface area contributed by atoms with Crippen LogP contribution >= 0.6 is 0 Å². The van der Waals surface area contributed by atoms with Gasteiger partial charge in [-0.3, -0.25) is 0 Å². The molecule has 22 heavy (non-hydrogen) atoms. The lowest BCUT2D eigenvalue weighted by Gasteiger charge is -2.16. The molecule has 0 fully saturated rings. The highest BCUT2D eigenvalue weighted by Gasteiger charge is 2.16. The van der Waals surface area contributed by atoms with Gasteiger partial charge in [0.05, 0.1) is 6.04 Å². The van der Waals surface area contributed by atoms with Crippen LogP contribution < -0.4 is 5.32 Å². The van der Waals surface area contributed by atoms with Gasteiger partial charge in [0.1, 0.15) is 11.2 Å². The number of rotatable bonds is 1. The van der Waals surface area contributed by atoms with E-state index in [9.17, 15) is 0 Å². The van der Waals surface area contributed by atoms with Crippen LogP contribution in [0.15, 0.2) is 78.4 Å². The largest absolute Gasteiger partial charge is 0.455 e. The topological polar surface area (TPSA) is 25.2 Å². The molecule has 0 saturated carbocycles. The van der Waals surface area contributed by atoms with Crippen LogP contribution in [0.4, 0.5) is 0 Å². The Morgan fingerprint density at radius 2 is 1.68 bits per heavy atom. The Morgan fingerprint density at radius 3 is 2.41 bits per heavy atom. The van der Waals surface area contributed by atoms with Gasteiger partial charge < -0.3 is 9.73 Å². The first-order valence-corrected chi connectivity index (χ1v) is 7.35. The van der Waals surface area contributed by atoms with Crippen molar-refractivity contribution in [2.45, 2.75) is 13.0 Å². The quantitative estimate of drug-likeness (QED) is 0.606. The highest BCUT2D eigenvalue weighted by atomic mass is 16.3. The Balaban J connectivity index is 0.000000693. The monoisotopic (exact) mass is 289 g/mol. The molecule has 1 aliphatic heterocycles. The summed E-state index contributed by atoms with van der Waals surface area (Å²) in [5.41, 5.74) is 4.33. The van der Waals surface area contributed by atoms with E-state index in [1.54, 1.807) is 0 Å². The molecule has 0 radical (unpaired) electrons. The second kappa shape index (κ2) is 5.94. The highest BCUT2D eigenvalue weighted by molar-refractivity contribution is 6.06. The van der Waals surface area contributed by atoms with Crippen LogP contribution in [0, 0.1) is 6.92 Å². The number of fused-ring (bicyclic) bond motifs is 3. The molecule has 1 N–H and O–H groups in total. The molecule has 0 amide bonds. The molecular weight excluding hydrogens is 270 g/mol. The molecule has 4 rings (SSSR count). The van der Waals surface area contributed by atoms with E-state index in [1.165, 1.54) is 21.9 Å². The third-order valence-electron chi connectivity index (χ3n) is 3.87. The summed E-state index contributed by atoms with van der Waals surface area (Å²) < 4.78 is 6.17. The number of allylic oxidation sites excluding steroid dienone is 2. The van der Waals surface area contributed by atoms with Crippen LogP contribution in [-0.4, -0.2) is 0 Å². The molecule has 2 nitrogen and oxygen atoms in total. The predicted octanol–water partition coefficient (Wildman–Crippen LogP) is 5.41. The number of hydrogen-bond donors (Lipinski definition) is 1. The Hall–Kier alpha value is -2.74. The third-order valence-corrected chi connectivity index (χ3v) is 3.87. The van der Waals surface area contributed by atoms with Crippen molar-refractivity contribution in [3.05, 3.63) is 85.1 Å². The number of hydrogen-bond acceptors (Lipinski definition) is 2. The first kappa shape index (κ1) is 14.2. The zero-order chi connectivity index (χ0) is 15.5. The second-order valence-electron chi connectivity index (χ2n) is 5.17. The summed E-state index contributed by atoms with van der Waals surface area (Å²) in [6.45, 7) is 8.09. The van der Waals surface area contributed by atoms with E-state index in [1.807, 2.05) is 12.3 Å². The molecule has 1 unspecified atom stereocenters. The number of aryl methyl sites for hydroxylation is 1. The molecule has 2 heterocycles. The lowest BCUT2D eigenvalue weighted by molar-refractivity contribution is 0.646. The van der Waals surface area contributed by atoms with Gasteiger partial charge >= 0.3 is 0 Å². The molecule has 1 atom stereocenters. The Morgan fingerprint density at radius 1 is 0.955 bits per heavy atom. The number of para-hydroxylation sites is 2. The van der Waals surface area contributed by atoms with Crippen LogP contribution in [0.2, 0.25) is 0 Å². The minimum atomic E-state index is 0.171. The Kier molecular flexibility index (Phi) is 3.84. The number of dihydropyridines is 1. The van der Waals surface area contributed by atoms with Crippen LogP contribution in [0.5, 0.6) is 0 Å². The summed E-state index contributed by atoms with van der Waals surface area (Å²) in [5, 5.41) is 5.74. The zero-order valence-corrected chi connectivity index (χ0v) is 12.7. The zero-order valence-electron chi connectivity index (χ0n) is 12.7. The van der Waals surface area contributed by atoms with E-state index >= 15 is 0 Å². The fraction of sp³-hybridized carbons (Fsp3) is 0.100. The summed E-state index contributed by atoms with van der Waals surface area (Å²) in [6.07, 6.45) is 8.18. The number of furan rings is 1. The van der Waals surface area contributed by atoms with Gasteiger partial charge in [0.25, 0.3) is 0 Å². The average molecular weight is 289 g/mol. The van der Waals surface area contributed by atoms with E-state index < -0.39 is 0 Å². The predicted molar refractivity (Wildman–Crippen MR) is 93.9 cm³/mol. The summed E-state index contributed by atoms with van der Waals surface area (Å²) in [6, 6.07) is 12.8. The van der Waals surface area contributed by atoms with Crippen molar-refractivity contribution < 1.29 is 4.42 Å². The molecule has 110 valence electrons. The van der Waals surface area contributed by atoms with Crippen molar-refractivity contribution in [1.82, 2.24) is 5.32 Å². The van der Waals surface area contributed by atoms with Crippen molar-refractivity contribution in [2.75, 3.05) is 0 Å². The minimum absolute atomic E-state index is 0.171. The molecule has 1 aromatic heterocycles. The standard InChI is InChI=1S/C18H15NO.C2H4/c1-12-6-4-7-13-14-8-5-9-15(18(14)20-17(12)13)16-10-2-3-11-19-16;1-2/h2-11,16,19H,1H3;1-2H2. The fourth-order valence-electron chi connectivity index (χ4n) is 2.87. The summed E-state index contributed by atoms with van der Waals surface area (Å²) in [4.78, 5) is 0. The average Bonchev–Trinajstić information content (AvgIpc) is 2.98. The Labute approximate surface area is 130 Å². The van der Waals surface area contributed by atoms with Crippen molar-refractivity contribution in [3.8, 4) is 0 Å². The van der Waals surface area contributed by atoms with Gasteiger partial charge in [-0.25, -0.2) is 0 Å². The molecule has 0 spiro atoms. The summed E-state index contributed by atoms with van der Waals surface area (Å²) in [5.74, 6) is 0. The molecule has 0 saturated heterocycles. The van der Waals surface area contributed by atoms with Gasteiger partial charge in [-0.2, -0.15) is 0 Å². The smallest absolute Gasteiger partial charge is 0.141 e. The molecule has 2 aromatic carbocycles. The lowest BCUT2D eigenvalue weighted by atomic mass is 10.0. The van der Waals surface area contributed by atoms with E-state index in [4.69, 9.17) is 4.42 Å². The molecule has 0 aliphatic carbocycles. The van der Waals surface area contributed by atoms with Crippen molar-refractivity contribution in [1.29, 1.82) is 0 Å². The summed E-state index contributed by atoms with van der Waals surface area (Å²) >= 11 is 0. The first-order valence-electron chi connectivity index (χ1n) is 7.35. The maximum absolute atomic E-state index is 6.17. The molecule has 2 heteroatoms. The van der Waals surface area contributed by atoms with E-state index in [-0.39, 0.29) is 6.04 Å². The van der Waals surface area contributed by atoms with Crippen LogP contribution in [0.3, 0.4) is 0 Å². The van der Waals surface area contributed by atoms with E-state index in [2.05, 4.69) is 73.9 Å². The summed E-state index contributed by atoms with van der Waals surface area (Å²) in [7, 11) is 0. The van der Waals surface area contributed by atoms with Crippen molar-refractivity contribution >= 4 is 21.9 Å². The van der Waals surface area contributed by atoms with Crippen molar-refractivity contribution in [2.24, 2.45) is 0 Å². The minimum Gasteiger partial charge on any atom is -0.455 e. The van der Waals surface area contributed by atoms with Gasteiger partial charge in [0.2, 0.25) is 0 Å². The maximum Gasteiger partial charge on any atom is 0.141 e. The third kappa shape index (κ3) is 2.23. The van der Waals surface area contributed by atoms with Gasteiger partial charge in [-0.1, -0.05) is 48.6 Å². The fourth-order valence-corrected chi connectivity index (χ4v) is 2.87. The normalized spacial score (nSPS) is 16.3. The van der Waals surface area contributed by atoms with Gasteiger partial charge in [-0.15, -0.1) is 13.2 Å². The number of benzene rings is 2. The van der Waals surface area contributed by atoms with Crippen LogP contribution in [0.25, 0.3) is 21.9 Å². The lowest BCUT2D eigenvalue weighted by Crippen LogP contribution is -2.14. The van der Waals surface area contributed by atoms with Gasteiger partial charge in [0, 0.05) is 16.3 Å². The SMILES string of the molecule is C=C.Cc1cccc2c1oc1c(C3C=CC=CN3)cccc12. The van der Waals surface area contributed by atoms with Gasteiger partial charge in [0.15, 0.2) is 0 Å².